The van der Waals surface area contributed by atoms with E-state index in [4.69, 9.17) is 9.47 Å². The second kappa shape index (κ2) is 8.32. The zero-order valence-corrected chi connectivity index (χ0v) is 10.9. The lowest BCUT2D eigenvalue weighted by atomic mass is 10.1. The molecule has 0 saturated heterocycles. The smallest absolute Gasteiger partial charge is 0.338 e. The summed E-state index contributed by atoms with van der Waals surface area (Å²) in [6.45, 7) is 2.94. The van der Waals surface area contributed by atoms with Gasteiger partial charge in [-0.2, -0.15) is 0 Å². The highest BCUT2D eigenvalue weighted by Crippen LogP contribution is 2.05. The maximum Gasteiger partial charge on any atom is 0.338 e. The number of unbranched alkanes of at least 4 members (excludes halogenated alkanes) is 1. The largest absolute Gasteiger partial charge is 0.462 e. The van der Waals surface area contributed by atoms with Crippen LogP contribution in [0.25, 0.3) is 0 Å². The minimum absolute atomic E-state index is 0.278. The van der Waals surface area contributed by atoms with Gasteiger partial charge in [0.05, 0.1) is 12.2 Å². The van der Waals surface area contributed by atoms with Gasteiger partial charge in [-0.1, -0.05) is 25.2 Å². The van der Waals surface area contributed by atoms with Gasteiger partial charge in [0, 0.05) is 12.7 Å². The van der Waals surface area contributed by atoms with Crippen molar-refractivity contribution in [3.05, 3.63) is 35.4 Å². The van der Waals surface area contributed by atoms with Crippen LogP contribution in [0.4, 0.5) is 0 Å². The fourth-order valence-electron chi connectivity index (χ4n) is 1.29. The molecule has 18 heavy (non-hydrogen) atoms. The molecule has 0 aliphatic rings. The molecule has 3 heteroatoms. The number of hydrogen-bond acceptors (Lipinski definition) is 3. The second-order valence-corrected chi connectivity index (χ2v) is 3.80. The lowest BCUT2D eigenvalue weighted by Crippen LogP contribution is -2.06. The molecule has 0 saturated carbocycles. The first kappa shape index (κ1) is 14.3. The van der Waals surface area contributed by atoms with Crippen molar-refractivity contribution in [3.63, 3.8) is 0 Å². The average molecular weight is 246 g/mol. The molecule has 0 aromatic heterocycles. The minimum atomic E-state index is -0.278. The Morgan fingerprint density at radius 1 is 1.28 bits per heavy atom. The Morgan fingerprint density at radius 3 is 2.61 bits per heavy atom. The number of esters is 1. The summed E-state index contributed by atoms with van der Waals surface area (Å²) in [6.07, 6.45) is 1.91. The van der Waals surface area contributed by atoms with Crippen molar-refractivity contribution in [1.29, 1.82) is 0 Å². The van der Waals surface area contributed by atoms with E-state index in [9.17, 15) is 4.79 Å². The van der Waals surface area contributed by atoms with Crippen LogP contribution in [0.3, 0.4) is 0 Å². The molecule has 0 bridgehead atoms. The monoisotopic (exact) mass is 246 g/mol. The van der Waals surface area contributed by atoms with Crippen LogP contribution in [0.2, 0.25) is 0 Å². The van der Waals surface area contributed by atoms with Gasteiger partial charge in [-0.15, -0.1) is 0 Å². The van der Waals surface area contributed by atoms with E-state index in [1.165, 1.54) is 0 Å². The molecule has 0 aliphatic carbocycles. The highest BCUT2D eigenvalue weighted by molar-refractivity contribution is 5.89. The average Bonchev–Trinajstić information content (AvgIpc) is 2.40. The van der Waals surface area contributed by atoms with Crippen LogP contribution in [-0.2, 0) is 9.47 Å². The van der Waals surface area contributed by atoms with Gasteiger partial charge in [0.15, 0.2) is 0 Å². The number of benzene rings is 1. The summed E-state index contributed by atoms with van der Waals surface area (Å²) in [4.78, 5) is 11.6. The Hall–Kier alpha value is -1.79. The molecule has 0 N–H and O–H groups in total. The van der Waals surface area contributed by atoms with Crippen molar-refractivity contribution in [2.75, 3.05) is 20.3 Å². The SMILES string of the molecule is CCCCOC(=O)c1ccc(C#CCOC)cc1. The Balaban J connectivity index is 2.54. The van der Waals surface area contributed by atoms with Gasteiger partial charge >= 0.3 is 5.97 Å². The summed E-state index contributed by atoms with van der Waals surface area (Å²) in [7, 11) is 1.60. The lowest BCUT2D eigenvalue weighted by Gasteiger charge is -2.03. The maximum atomic E-state index is 11.6. The van der Waals surface area contributed by atoms with Gasteiger partial charge in [-0.05, 0) is 30.7 Å². The van der Waals surface area contributed by atoms with E-state index in [1.807, 2.05) is 0 Å². The van der Waals surface area contributed by atoms with Crippen LogP contribution in [0.15, 0.2) is 24.3 Å². The fraction of sp³-hybridized carbons (Fsp3) is 0.400. The van der Waals surface area contributed by atoms with Crippen LogP contribution < -0.4 is 0 Å². The predicted octanol–water partition coefficient (Wildman–Crippen LogP) is 2.64. The van der Waals surface area contributed by atoms with Gasteiger partial charge in [0.2, 0.25) is 0 Å². The number of rotatable bonds is 5. The third kappa shape index (κ3) is 5.03. The number of methoxy groups -OCH3 is 1. The van der Waals surface area contributed by atoms with Gasteiger partial charge in [-0.25, -0.2) is 4.79 Å². The molecule has 1 aromatic rings. The highest BCUT2D eigenvalue weighted by atomic mass is 16.5. The number of carbonyl (C=O) groups is 1. The summed E-state index contributed by atoms with van der Waals surface area (Å²) in [5.41, 5.74) is 1.42. The van der Waals surface area contributed by atoms with Crippen molar-refractivity contribution in [3.8, 4) is 11.8 Å². The van der Waals surface area contributed by atoms with Crippen molar-refractivity contribution in [2.45, 2.75) is 19.8 Å². The minimum Gasteiger partial charge on any atom is -0.462 e. The number of ether oxygens (including phenoxy) is 2. The van der Waals surface area contributed by atoms with Crippen molar-refractivity contribution < 1.29 is 14.3 Å². The molecule has 0 unspecified atom stereocenters. The molecular weight excluding hydrogens is 228 g/mol. The van der Waals surface area contributed by atoms with E-state index in [2.05, 4.69) is 18.8 Å². The van der Waals surface area contributed by atoms with Crippen LogP contribution in [-0.4, -0.2) is 26.3 Å². The summed E-state index contributed by atoms with van der Waals surface area (Å²) in [5.74, 6) is 5.51. The zero-order chi connectivity index (χ0) is 13.2. The fourth-order valence-corrected chi connectivity index (χ4v) is 1.29. The maximum absolute atomic E-state index is 11.6. The Kier molecular flexibility index (Phi) is 6.60. The Morgan fingerprint density at radius 2 is 2.00 bits per heavy atom. The van der Waals surface area contributed by atoms with E-state index < -0.39 is 0 Å². The van der Waals surface area contributed by atoms with Gasteiger partial charge in [0.25, 0.3) is 0 Å². The molecule has 0 radical (unpaired) electrons. The topological polar surface area (TPSA) is 35.5 Å². The summed E-state index contributed by atoms with van der Waals surface area (Å²) >= 11 is 0. The molecule has 0 fully saturated rings. The third-order valence-corrected chi connectivity index (χ3v) is 2.30. The molecule has 96 valence electrons. The standard InChI is InChI=1S/C15H18O3/c1-3-4-12-18-15(16)14-9-7-13(8-10-14)6-5-11-17-2/h7-10H,3-4,11-12H2,1-2H3. The Labute approximate surface area is 108 Å². The highest BCUT2D eigenvalue weighted by Gasteiger charge is 2.05. The van der Waals surface area contributed by atoms with E-state index in [0.29, 0.717) is 18.8 Å². The van der Waals surface area contributed by atoms with Crippen LogP contribution in [0, 0.1) is 11.8 Å². The van der Waals surface area contributed by atoms with Crippen LogP contribution >= 0.6 is 0 Å². The third-order valence-electron chi connectivity index (χ3n) is 2.30. The molecule has 1 rings (SSSR count). The second-order valence-electron chi connectivity index (χ2n) is 3.80. The first-order valence-corrected chi connectivity index (χ1v) is 6.03. The van der Waals surface area contributed by atoms with Crippen LogP contribution in [0.5, 0.6) is 0 Å². The first-order chi connectivity index (χ1) is 8.77. The van der Waals surface area contributed by atoms with E-state index in [1.54, 1.807) is 31.4 Å². The molecule has 3 nitrogen and oxygen atoms in total. The summed E-state index contributed by atoms with van der Waals surface area (Å²) in [5, 5.41) is 0. The van der Waals surface area contributed by atoms with Crippen molar-refractivity contribution >= 4 is 5.97 Å². The Bertz CT molecular complexity index is 423. The van der Waals surface area contributed by atoms with Crippen molar-refractivity contribution in [2.24, 2.45) is 0 Å². The molecule has 0 aliphatic heterocycles. The summed E-state index contributed by atoms with van der Waals surface area (Å²) in [6, 6.07) is 7.06. The molecule has 0 heterocycles. The number of hydrogen-bond donors (Lipinski definition) is 0. The first-order valence-electron chi connectivity index (χ1n) is 6.03. The summed E-state index contributed by atoms with van der Waals surface area (Å²) < 4.78 is 9.94. The van der Waals surface area contributed by atoms with Gasteiger partial charge < -0.3 is 9.47 Å². The molecule has 0 amide bonds. The molecule has 0 atom stereocenters. The van der Waals surface area contributed by atoms with E-state index >= 15 is 0 Å². The molecule has 0 spiro atoms. The molecular formula is C15H18O3. The zero-order valence-electron chi connectivity index (χ0n) is 10.9. The van der Waals surface area contributed by atoms with Crippen LogP contribution in [0.1, 0.15) is 35.7 Å². The van der Waals surface area contributed by atoms with Gasteiger partial charge in [-0.3, -0.25) is 0 Å². The normalized spacial score (nSPS) is 9.44. The quantitative estimate of drug-likeness (QED) is 0.455. The van der Waals surface area contributed by atoms with Gasteiger partial charge in [0.1, 0.15) is 6.61 Å². The number of carbonyl (C=O) groups excluding carboxylic acids is 1. The van der Waals surface area contributed by atoms with Crippen molar-refractivity contribution in [1.82, 2.24) is 0 Å². The van der Waals surface area contributed by atoms with E-state index in [-0.39, 0.29) is 5.97 Å². The molecule has 1 aromatic carbocycles. The predicted molar refractivity (Wildman–Crippen MR) is 70.4 cm³/mol. The van der Waals surface area contributed by atoms with E-state index in [0.717, 1.165) is 18.4 Å². The lowest BCUT2D eigenvalue weighted by molar-refractivity contribution is 0.0500.